The van der Waals surface area contributed by atoms with Crippen molar-refractivity contribution in [3.8, 4) is 11.4 Å². The molecule has 10 heteroatoms. The van der Waals surface area contributed by atoms with Crippen LogP contribution in [0.1, 0.15) is 29.8 Å². The van der Waals surface area contributed by atoms with Gasteiger partial charge in [-0.1, -0.05) is 23.7 Å². The van der Waals surface area contributed by atoms with E-state index in [0.717, 1.165) is 53.5 Å². The molecule has 0 radical (unpaired) electrons. The molecule has 4 aromatic rings. The van der Waals surface area contributed by atoms with Gasteiger partial charge in [-0.2, -0.15) is 4.98 Å². The second-order valence-electron chi connectivity index (χ2n) is 8.09. The summed E-state index contributed by atoms with van der Waals surface area (Å²) in [7, 11) is 1.61. The number of aromatic nitrogens is 4. The van der Waals surface area contributed by atoms with Crippen molar-refractivity contribution < 1.29 is 9.13 Å². The molecule has 8 nitrogen and oxygen atoms in total. The van der Waals surface area contributed by atoms with Crippen molar-refractivity contribution in [3.05, 3.63) is 82.8 Å². The Morgan fingerprint density at radius 1 is 1.20 bits per heavy atom. The summed E-state index contributed by atoms with van der Waals surface area (Å²) in [6.45, 7) is 3.54. The Morgan fingerprint density at radius 3 is 2.74 bits per heavy atom. The van der Waals surface area contributed by atoms with E-state index in [4.69, 9.17) is 26.3 Å². The van der Waals surface area contributed by atoms with Gasteiger partial charge in [0.1, 0.15) is 28.9 Å². The second-order valence-corrected chi connectivity index (χ2v) is 8.48. The standard InChI is InChI=1S/C25H25ClFN7O/c1-3-28-24-18-10-11-29-22(15-4-6-16(27)7-5-15)23(18)32-25(33-24)31-17-8-9-19(20(12-17)35-2)34-13-21(26)30-14-34/h4-9,12-14,22,29H,3,10-11H2,1-2H3,(H2,28,31,32,33). The van der Waals surface area contributed by atoms with Crippen LogP contribution < -0.4 is 20.7 Å². The minimum atomic E-state index is -0.265. The molecule has 0 spiro atoms. The van der Waals surface area contributed by atoms with Crippen LogP contribution in [-0.2, 0) is 6.42 Å². The maximum atomic E-state index is 13.5. The van der Waals surface area contributed by atoms with Crippen LogP contribution in [0.3, 0.4) is 0 Å². The fourth-order valence-corrected chi connectivity index (χ4v) is 4.40. The average molecular weight is 494 g/mol. The number of ether oxygens (including phenoxy) is 1. The first-order chi connectivity index (χ1) is 17.1. The number of hydrogen-bond acceptors (Lipinski definition) is 7. The van der Waals surface area contributed by atoms with Gasteiger partial charge in [-0.15, -0.1) is 0 Å². The van der Waals surface area contributed by atoms with Crippen molar-refractivity contribution in [2.75, 3.05) is 30.8 Å². The number of methoxy groups -OCH3 is 1. The Bertz CT molecular complexity index is 1340. The Labute approximate surface area is 207 Å². The molecule has 1 aliphatic heterocycles. The summed E-state index contributed by atoms with van der Waals surface area (Å²) in [4.78, 5) is 13.7. The van der Waals surface area contributed by atoms with Crippen LogP contribution >= 0.6 is 11.6 Å². The number of imidazole rings is 1. The number of rotatable bonds is 7. The summed E-state index contributed by atoms with van der Waals surface area (Å²) in [6, 6.07) is 12.0. The quantitative estimate of drug-likeness (QED) is 0.338. The van der Waals surface area contributed by atoms with Crippen LogP contribution in [0.4, 0.5) is 21.8 Å². The molecule has 180 valence electrons. The molecule has 0 aliphatic carbocycles. The lowest BCUT2D eigenvalue weighted by Gasteiger charge is -2.28. The predicted octanol–water partition coefficient (Wildman–Crippen LogP) is 4.87. The highest BCUT2D eigenvalue weighted by atomic mass is 35.5. The topological polar surface area (TPSA) is 88.9 Å². The van der Waals surface area contributed by atoms with Crippen molar-refractivity contribution >= 4 is 29.1 Å². The Balaban J connectivity index is 1.51. The highest BCUT2D eigenvalue weighted by Gasteiger charge is 2.27. The number of nitrogens with zero attached hydrogens (tertiary/aromatic N) is 4. The number of nitrogens with one attached hydrogen (secondary N) is 3. The Kier molecular flexibility index (Phi) is 6.52. The smallest absolute Gasteiger partial charge is 0.229 e. The molecule has 3 N–H and O–H groups in total. The van der Waals surface area contributed by atoms with Crippen LogP contribution in [0, 0.1) is 5.82 Å². The lowest BCUT2D eigenvalue weighted by molar-refractivity contribution is 0.413. The summed E-state index contributed by atoms with van der Waals surface area (Å²) in [6.07, 6.45) is 4.14. The van der Waals surface area contributed by atoms with Crippen LogP contribution in [0.15, 0.2) is 55.0 Å². The highest BCUT2D eigenvalue weighted by Crippen LogP contribution is 2.33. The summed E-state index contributed by atoms with van der Waals surface area (Å²) in [5, 5.41) is 10.6. The zero-order chi connectivity index (χ0) is 24.4. The molecular weight excluding hydrogens is 469 g/mol. The van der Waals surface area contributed by atoms with Gasteiger partial charge in [0.05, 0.1) is 24.5 Å². The largest absolute Gasteiger partial charge is 0.494 e. The predicted molar refractivity (Wildman–Crippen MR) is 135 cm³/mol. The number of hydrogen-bond donors (Lipinski definition) is 3. The molecule has 1 aliphatic rings. The van der Waals surface area contributed by atoms with Crippen molar-refractivity contribution in [1.29, 1.82) is 0 Å². The average Bonchev–Trinajstić information content (AvgIpc) is 3.30. The molecule has 1 atom stereocenters. The van der Waals surface area contributed by atoms with Crippen molar-refractivity contribution in [1.82, 2.24) is 24.8 Å². The monoisotopic (exact) mass is 493 g/mol. The summed E-state index contributed by atoms with van der Waals surface area (Å²) >= 11 is 5.98. The van der Waals surface area contributed by atoms with Crippen molar-refractivity contribution in [2.24, 2.45) is 0 Å². The normalized spacial score (nSPS) is 14.9. The van der Waals surface area contributed by atoms with Crippen molar-refractivity contribution in [2.45, 2.75) is 19.4 Å². The van der Waals surface area contributed by atoms with E-state index >= 15 is 0 Å². The molecule has 2 aromatic carbocycles. The molecule has 0 saturated heterocycles. The first-order valence-electron chi connectivity index (χ1n) is 11.3. The first kappa shape index (κ1) is 23.1. The minimum absolute atomic E-state index is 0.164. The van der Waals surface area contributed by atoms with E-state index in [0.29, 0.717) is 16.9 Å². The molecule has 1 unspecified atom stereocenters. The van der Waals surface area contributed by atoms with Gasteiger partial charge in [0, 0.05) is 36.6 Å². The maximum absolute atomic E-state index is 13.5. The second kappa shape index (κ2) is 9.89. The van der Waals surface area contributed by atoms with Gasteiger partial charge < -0.3 is 25.3 Å². The van der Waals surface area contributed by atoms with Gasteiger partial charge >= 0.3 is 0 Å². The van der Waals surface area contributed by atoms with Gasteiger partial charge in [0.15, 0.2) is 0 Å². The zero-order valence-electron chi connectivity index (χ0n) is 19.3. The number of anilines is 3. The fraction of sp³-hybridized carbons (Fsp3) is 0.240. The summed E-state index contributed by atoms with van der Waals surface area (Å²) < 4.78 is 20.9. The third kappa shape index (κ3) is 4.78. The fourth-order valence-electron chi connectivity index (χ4n) is 4.25. The molecule has 0 bridgehead atoms. The molecule has 0 saturated carbocycles. The number of halogens is 2. The van der Waals surface area contributed by atoms with Gasteiger partial charge in [-0.05, 0) is 43.2 Å². The third-order valence-electron chi connectivity index (χ3n) is 5.85. The lowest BCUT2D eigenvalue weighted by atomic mass is 9.94. The van der Waals surface area contributed by atoms with E-state index in [1.807, 2.05) is 25.1 Å². The summed E-state index contributed by atoms with van der Waals surface area (Å²) in [5.41, 5.74) is 4.45. The summed E-state index contributed by atoms with van der Waals surface area (Å²) in [5.74, 6) is 1.62. The van der Waals surface area contributed by atoms with E-state index < -0.39 is 0 Å². The minimum Gasteiger partial charge on any atom is -0.494 e. The van der Waals surface area contributed by atoms with E-state index in [2.05, 4.69) is 20.9 Å². The molecule has 5 rings (SSSR count). The van der Waals surface area contributed by atoms with Crippen molar-refractivity contribution in [3.63, 3.8) is 0 Å². The third-order valence-corrected chi connectivity index (χ3v) is 6.04. The lowest BCUT2D eigenvalue weighted by Crippen LogP contribution is -2.33. The number of benzene rings is 2. The molecule has 2 aromatic heterocycles. The van der Waals surface area contributed by atoms with Crippen LogP contribution in [-0.4, -0.2) is 39.7 Å². The Morgan fingerprint density at radius 2 is 2.03 bits per heavy atom. The van der Waals surface area contributed by atoms with Gasteiger partial charge in [-0.3, -0.25) is 0 Å². The maximum Gasteiger partial charge on any atom is 0.229 e. The van der Waals surface area contributed by atoms with Gasteiger partial charge in [0.2, 0.25) is 5.95 Å². The molecular formula is C25H25ClFN7O. The number of fused-ring (bicyclic) bond motifs is 1. The molecule has 35 heavy (non-hydrogen) atoms. The van der Waals surface area contributed by atoms with Crippen LogP contribution in [0.2, 0.25) is 5.15 Å². The molecule has 0 amide bonds. The first-order valence-corrected chi connectivity index (χ1v) is 11.7. The zero-order valence-corrected chi connectivity index (χ0v) is 20.1. The highest BCUT2D eigenvalue weighted by molar-refractivity contribution is 6.29. The van der Waals surface area contributed by atoms with E-state index in [1.165, 1.54) is 12.1 Å². The Hall–Kier alpha value is -3.69. The van der Waals surface area contributed by atoms with Gasteiger partial charge in [-0.25, -0.2) is 14.4 Å². The van der Waals surface area contributed by atoms with E-state index in [9.17, 15) is 4.39 Å². The molecule has 3 heterocycles. The van der Waals surface area contributed by atoms with Crippen LogP contribution in [0.25, 0.3) is 5.69 Å². The van der Waals surface area contributed by atoms with Crippen LogP contribution in [0.5, 0.6) is 5.75 Å². The van der Waals surface area contributed by atoms with E-state index in [-0.39, 0.29) is 11.9 Å². The molecule has 0 fully saturated rings. The van der Waals surface area contributed by atoms with E-state index in [1.54, 1.807) is 36.3 Å². The van der Waals surface area contributed by atoms with Gasteiger partial charge in [0.25, 0.3) is 0 Å². The SMILES string of the molecule is CCNc1nc(Nc2ccc(-n3cnc(Cl)c3)c(OC)c2)nc2c1CCNC2c1ccc(F)cc1.